The number of carbonyl (C=O) groups excluding carboxylic acids is 2. The number of benzene rings is 2. The van der Waals surface area contributed by atoms with Gasteiger partial charge in [-0.05, 0) is 44.2 Å². The molecule has 1 amide bonds. The number of halogens is 3. The summed E-state index contributed by atoms with van der Waals surface area (Å²) in [5.41, 5.74) is 0.541. The fraction of sp³-hybridized carbons (Fsp3) is 0.346. The summed E-state index contributed by atoms with van der Waals surface area (Å²) in [5.74, 6) is -1.77. The van der Waals surface area contributed by atoms with Gasteiger partial charge in [-0.25, -0.2) is 22.6 Å². The summed E-state index contributed by atoms with van der Waals surface area (Å²) in [6, 6.07) is 12.4. The molecule has 14 nitrogen and oxygen atoms in total. The van der Waals surface area contributed by atoms with E-state index in [1.54, 1.807) is 31.2 Å². The standard InChI is InChI=1S/C26H27F3N6O8S/c1-4-41-25(37)42-17(3)43-32-35(38)33-14-19(15-33)24(36)31-44(39,40)21-11-9-20(10-12-21)34-22(13-23(30-34)26(27,28)29)18-7-5-16(2)6-8-18/h5-13,17,19H,4,14-15H2,1-3H3,(H,31,36)/b35-32-. The number of carbonyl (C=O) groups is 2. The van der Waals surface area contributed by atoms with Crippen molar-refractivity contribution in [3.63, 3.8) is 0 Å². The quantitative estimate of drug-likeness (QED) is 0.113. The lowest BCUT2D eigenvalue weighted by Gasteiger charge is -2.32. The molecule has 2 aromatic carbocycles. The summed E-state index contributed by atoms with van der Waals surface area (Å²) in [7, 11) is -4.37. The van der Waals surface area contributed by atoms with E-state index < -0.39 is 46.2 Å². The maximum absolute atomic E-state index is 13.5. The maximum Gasteiger partial charge on any atom is 0.511 e. The minimum absolute atomic E-state index is 0.0202. The molecule has 0 aliphatic carbocycles. The summed E-state index contributed by atoms with van der Waals surface area (Å²) in [6.07, 6.45) is -6.97. The second-order valence-corrected chi connectivity index (χ2v) is 11.2. The van der Waals surface area contributed by atoms with E-state index in [0.717, 1.165) is 33.5 Å². The van der Waals surface area contributed by atoms with E-state index in [2.05, 4.69) is 19.8 Å². The highest BCUT2D eigenvalue weighted by molar-refractivity contribution is 7.90. The highest BCUT2D eigenvalue weighted by atomic mass is 32.2. The van der Waals surface area contributed by atoms with Gasteiger partial charge in [-0.1, -0.05) is 29.8 Å². The first kappa shape index (κ1) is 32.1. The Labute approximate surface area is 249 Å². The van der Waals surface area contributed by atoms with Crippen molar-refractivity contribution in [1.29, 1.82) is 0 Å². The van der Waals surface area contributed by atoms with E-state index in [0.29, 0.717) is 5.56 Å². The third kappa shape index (κ3) is 7.55. The molecule has 1 fully saturated rings. The van der Waals surface area contributed by atoms with Gasteiger partial charge in [0.25, 0.3) is 16.3 Å². The predicted octanol–water partition coefficient (Wildman–Crippen LogP) is 3.93. The average molecular weight is 641 g/mol. The number of aromatic nitrogens is 2. The minimum atomic E-state index is -4.71. The average Bonchev–Trinajstić information content (AvgIpc) is 3.38. The van der Waals surface area contributed by atoms with Crippen LogP contribution in [0.25, 0.3) is 16.9 Å². The normalized spacial score (nSPS) is 14.9. The molecule has 44 heavy (non-hydrogen) atoms. The SMILES string of the molecule is CCOC(=O)OC(C)O/N=[N+](\[O-])N1CC(C(=O)NS(=O)(=O)c2ccc(-n3nc(C(F)(F)F)cc3-c3ccc(C)cc3)cc2)C1. The van der Waals surface area contributed by atoms with Crippen LogP contribution in [0.1, 0.15) is 25.1 Å². The van der Waals surface area contributed by atoms with Crippen molar-refractivity contribution in [2.24, 2.45) is 11.2 Å². The van der Waals surface area contributed by atoms with Gasteiger partial charge in [0.05, 0.1) is 46.9 Å². The number of nitrogens with one attached hydrogen (secondary N) is 1. The Hall–Kier alpha value is -4.87. The molecule has 3 aromatic rings. The van der Waals surface area contributed by atoms with Gasteiger partial charge < -0.3 is 14.7 Å². The summed E-state index contributed by atoms with van der Waals surface area (Å²) in [5, 5.41) is 19.9. The third-order valence-electron chi connectivity index (χ3n) is 6.24. The molecule has 1 saturated heterocycles. The second-order valence-electron chi connectivity index (χ2n) is 9.53. The molecule has 236 valence electrons. The Kier molecular flexibility index (Phi) is 9.31. The second kappa shape index (κ2) is 12.8. The van der Waals surface area contributed by atoms with Gasteiger partial charge in [-0.3, -0.25) is 9.63 Å². The van der Waals surface area contributed by atoms with Gasteiger partial charge in [-0.15, -0.1) is 5.01 Å². The first-order chi connectivity index (χ1) is 20.7. The number of hydrazine groups is 1. The van der Waals surface area contributed by atoms with E-state index in [-0.39, 0.29) is 40.9 Å². The van der Waals surface area contributed by atoms with Crippen molar-refractivity contribution >= 4 is 22.1 Å². The van der Waals surface area contributed by atoms with Crippen LogP contribution in [-0.2, 0) is 35.3 Å². The van der Waals surface area contributed by atoms with Gasteiger partial charge >= 0.3 is 12.3 Å². The Morgan fingerprint density at radius 2 is 1.80 bits per heavy atom. The molecule has 0 saturated carbocycles. The van der Waals surface area contributed by atoms with Crippen molar-refractivity contribution in [3.8, 4) is 16.9 Å². The Bertz CT molecular complexity index is 1640. The largest absolute Gasteiger partial charge is 0.569 e. The molecule has 1 aliphatic heterocycles. The molecule has 1 atom stereocenters. The van der Waals surface area contributed by atoms with E-state index in [9.17, 15) is 36.4 Å². The van der Waals surface area contributed by atoms with Crippen molar-refractivity contribution in [2.45, 2.75) is 38.1 Å². The van der Waals surface area contributed by atoms with E-state index >= 15 is 0 Å². The number of aryl methyl sites for hydroxylation is 1. The third-order valence-corrected chi connectivity index (χ3v) is 7.60. The molecule has 1 unspecified atom stereocenters. The van der Waals surface area contributed by atoms with E-state index in [4.69, 9.17) is 4.84 Å². The number of rotatable bonds is 10. The van der Waals surface area contributed by atoms with Crippen LogP contribution in [0.5, 0.6) is 0 Å². The zero-order chi connectivity index (χ0) is 32.2. The Balaban J connectivity index is 1.40. The first-order valence-electron chi connectivity index (χ1n) is 13.0. The zero-order valence-corrected chi connectivity index (χ0v) is 24.3. The summed E-state index contributed by atoms with van der Waals surface area (Å²) < 4.78 is 78.3. The number of hydrogen-bond donors (Lipinski definition) is 1. The highest BCUT2D eigenvalue weighted by Gasteiger charge is 2.40. The maximum atomic E-state index is 13.5. The molecule has 2 heterocycles. The molecular weight excluding hydrogens is 613 g/mol. The number of nitrogens with zero attached hydrogens (tertiary/aromatic N) is 5. The van der Waals surface area contributed by atoms with Crippen LogP contribution in [0.15, 0.2) is 64.8 Å². The number of ether oxygens (including phenoxy) is 2. The molecular formula is C26H27F3N6O8S. The minimum Gasteiger partial charge on any atom is -0.569 e. The van der Waals surface area contributed by atoms with Crippen LogP contribution >= 0.6 is 0 Å². The van der Waals surface area contributed by atoms with Crippen LogP contribution in [0.2, 0.25) is 0 Å². The molecule has 18 heteroatoms. The lowest BCUT2D eigenvalue weighted by Crippen LogP contribution is -2.56. The fourth-order valence-electron chi connectivity index (χ4n) is 3.92. The molecule has 0 spiro atoms. The van der Waals surface area contributed by atoms with Crippen molar-refractivity contribution in [1.82, 2.24) is 19.5 Å². The Morgan fingerprint density at radius 3 is 2.39 bits per heavy atom. The Morgan fingerprint density at radius 1 is 1.16 bits per heavy atom. The van der Waals surface area contributed by atoms with Crippen LogP contribution in [0.4, 0.5) is 18.0 Å². The number of amides is 1. The van der Waals surface area contributed by atoms with Gasteiger partial charge in [0.15, 0.2) is 5.69 Å². The van der Waals surface area contributed by atoms with Crippen LogP contribution < -0.4 is 4.72 Å². The molecule has 1 aromatic heterocycles. The van der Waals surface area contributed by atoms with Crippen LogP contribution in [-0.4, -0.2) is 66.2 Å². The van der Waals surface area contributed by atoms with E-state index in [1.165, 1.54) is 19.1 Å². The lowest BCUT2D eigenvalue weighted by atomic mass is 10.0. The molecule has 1 aliphatic rings. The topological polar surface area (TPSA) is 167 Å². The molecule has 4 rings (SSSR count). The number of sulfonamides is 1. The predicted molar refractivity (Wildman–Crippen MR) is 144 cm³/mol. The van der Waals surface area contributed by atoms with Crippen molar-refractivity contribution in [3.05, 3.63) is 71.1 Å². The number of hydrogen-bond acceptors (Lipinski definition) is 10. The van der Waals surface area contributed by atoms with Gasteiger partial charge in [0.2, 0.25) is 11.2 Å². The highest BCUT2D eigenvalue weighted by Crippen LogP contribution is 2.33. The van der Waals surface area contributed by atoms with Gasteiger partial charge in [-0.2, -0.15) is 18.3 Å². The zero-order valence-electron chi connectivity index (χ0n) is 23.5. The van der Waals surface area contributed by atoms with Gasteiger partial charge in [0, 0.05) is 12.5 Å². The fourth-order valence-corrected chi connectivity index (χ4v) is 4.96. The summed E-state index contributed by atoms with van der Waals surface area (Å²) in [6.45, 7) is 4.38. The van der Waals surface area contributed by atoms with Crippen molar-refractivity contribution in [2.75, 3.05) is 19.7 Å². The molecule has 0 bridgehead atoms. The number of alkyl halides is 3. The van der Waals surface area contributed by atoms with Crippen molar-refractivity contribution < 1.29 is 50.5 Å². The van der Waals surface area contributed by atoms with Crippen LogP contribution in [0.3, 0.4) is 0 Å². The van der Waals surface area contributed by atoms with E-state index in [1.807, 2.05) is 11.6 Å². The van der Waals surface area contributed by atoms with Crippen LogP contribution in [0, 0.1) is 18.0 Å². The molecule has 1 N–H and O–H groups in total. The lowest BCUT2D eigenvalue weighted by molar-refractivity contribution is -0.727. The van der Waals surface area contributed by atoms with Gasteiger partial charge in [0.1, 0.15) is 0 Å². The first-order valence-corrected chi connectivity index (χ1v) is 14.5. The smallest absolute Gasteiger partial charge is 0.511 e. The monoisotopic (exact) mass is 640 g/mol. The summed E-state index contributed by atoms with van der Waals surface area (Å²) >= 11 is 0. The summed E-state index contributed by atoms with van der Waals surface area (Å²) in [4.78, 5) is 28.2. The molecule has 0 radical (unpaired) electrons.